The lowest BCUT2D eigenvalue weighted by Gasteiger charge is -2.41. The Morgan fingerprint density at radius 1 is 1.25 bits per heavy atom. The summed E-state index contributed by atoms with van der Waals surface area (Å²) in [6, 6.07) is 12.9. The molecule has 0 radical (unpaired) electrons. The smallest absolute Gasteiger partial charge is 0.254 e. The lowest BCUT2D eigenvalue weighted by atomic mass is 9.81. The number of ether oxygens (including phenoxy) is 1. The van der Waals surface area contributed by atoms with Crippen LogP contribution in [0, 0.1) is 0 Å². The number of aryl methyl sites for hydroxylation is 1. The standard InChI is InChI=1S/C24H26N4O3S/c1-27-20(14-18(26-27)15-9-10-15)25-23(29)21-16-6-3-4-7-17(16)24(30)28(11-12-31-2)22(21)19-8-5-13-32-19/h3-8,13-15,21-22H,9-12H2,1-2H3,(H,25,29). The second-order valence-electron chi connectivity index (χ2n) is 8.36. The van der Waals surface area contributed by atoms with Crippen molar-refractivity contribution < 1.29 is 14.3 Å². The fourth-order valence-electron chi connectivity index (χ4n) is 4.48. The number of amides is 2. The van der Waals surface area contributed by atoms with E-state index >= 15 is 0 Å². The Morgan fingerprint density at radius 3 is 2.78 bits per heavy atom. The first-order valence-corrected chi connectivity index (χ1v) is 11.7. The number of methoxy groups -OCH3 is 1. The molecule has 1 saturated carbocycles. The number of carbonyl (C=O) groups excluding carboxylic acids is 2. The number of hydrogen-bond acceptors (Lipinski definition) is 5. The van der Waals surface area contributed by atoms with Crippen LogP contribution in [-0.2, 0) is 16.6 Å². The van der Waals surface area contributed by atoms with E-state index in [2.05, 4.69) is 10.4 Å². The third-order valence-electron chi connectivity index (χ3n) is 6.24. The van der Waals surface area contributed by atoms with Gasteiger partial charge in [0.2, 0.25) is 5.91 Å². The van der Waals surface area contributed by atoms with E-state index in [4.69, 9.17) is 4.74 Å². The van der Waals surface area contributed by atoms with Gasteiger partial charge in [0.25, 0.3) is 5.91 Å². The second kappa shape index (κ2) is 8.52. The van der Waals surface area contributed by atoms with Crippen LogP contribution in [0.3, 0.4) is 0 Å². The quantitative estimate of drug-likeness (QED) is 0.592. The minimum atomic E-state index is -0.543. The number of fused-ring (bicyclic) bond motifs is 1. The van der Waals surface area contributed by atoms with Crippen LogP contribution in [0.25, 0.3) is 0 Å². The molecule has 1 aliphatic carbocycles. The monoisotopic (exact) mass is 450 g/mol. The van der Waals surface area contributed by atoms with Crippen LogP contribution in [0.4, 0.5) is 5.82 Å². The molecule has 32 heavy (non-hydrogen) atoms. The highest BCUT2D eigenvalue weighted by molar-refractivity contribution is 7.10. The summed E-state index contributed by atoms with van der Waals surface area (Å²) in [6.07, 6.45) is 2.30. The molecule has 8 heteroatoms. The highest BCUT2D eigenvalue weighted by atomic mass is 32.1. The van der Waals surface area contributed by atoms with Gasteiger partial charge in [-0.05, 0) is 35.9 Å². The van der Waals surface area contributed by atoms with Crippen LogP contribution >= 0.6 is 11.3 Å². The van der Waals surface area contributed by atoms with Crippen molar-refractivity contribution in [2.24, 2.45) is 7.05 Å². The molecule has 1 fully saturated rings. The van der Waals surface area contributed by atoms with Gasteiger partial charge in [-0.2, -0.15) is 5.10 Å². The summed E-state index contributed by atoms with van der Waals surface area (Å²) in [5, 5.41) is 9.66. The molecule has 1 aromatic carbocycles. The van der Waals surface area contributed by atoms with Gasteiger partial charge in [-0.1, -0.05) is 24.3 Å². The molecule has 7 nitrogen and oxygen atoms in total. The first kappa shape index (κ1) is 20.9. The summed E-state index contributed by atoms with van der Waals surface area (Å²) in [6.45, 7) is 0.810. The molecule has 166 valence electrons. The zero-order valence-electron chi connectivity index (χ0n) is 18.2. The molecule has 1 N–H and O–H groups in total. The summed E-state index contributed by atoms with van der Waals surface area (Å²) in [7, 11) is 3.47. The predicted octanol–water partition coefficient (Wildman–Crippen LogP) is 3.92. The van der Waals surface area contributed by atoms with E-state index in [9.17, 15) is 9.59 Å². The Bertz CT molecular complexity index is 1140. The topological polar surface area (TPSA) is 76.5 Å². The molecule has 2 aromatic heterocycles. The van der Waals surface area contributed by atoms with Gasteiger partial charge in [-0.15, -0.1) is 11.3 Å². The molecule has 2 unspecified atom stereocenters. The zero-order chi connectivity index (χ0) is 22.2. The molecule has 0 spiro atoms. The van der Waals surface area contributed by atoms with Crippen molar-refractivity contribution in [3.63, 3.8) is 0 Å². The third kappa shape index (κ3) is 3.73. The summed E-state index contributed by atoms with van der Waals surface area (Å²) >= 11 is 1.56. The molecular weight excluding hydrogens is 424 g/mol. The Labute approximate surface area is 191 Å². The van der Waals surface area contributed by atoms with Gasteiger partial charge in [0, 0.05) is 43.1 Å². The number of carbonyl (C=O) groups is 2. The van der Waals surface area contributed by atoms with Gasteiger partial charge in [-0.3, -0.25) is 14.3 Å². The molecule has 3 aromatic rings. The molecule has 3 heterocycles. The van der Waals surface area contributed by atoms with E-state index in [-0.39, 0.29) is 11.8 Å². The average molecular weight is 451 g/mol. The number of hydrogen-bond donors (Lipinski definition) is 1. The van der Waals surface area contributed by atoms with Gasteiger partial charge in [0.15, 0.2) is 0 Å². The number of benzene rings is 1. The van der Waals surface area contributed by atoms with Gasteiger partial charge < -0.3 is 15.0 Å². The Hall–Kier alpha value is -2.97. The van der Waals surface area contributed by atoms with Crippen molar-refractivity contribution >= 4 is 29.0 Å². The highest BCUT2D eigenvalue weighted by Crippen LogP contribution is 2.45. The van der Waals surface area contributed by atoms with E-state index in [1.54, 1.807) is 34.1 Å². The SMILES string of the molecule is COCCN1C(=O)c2ccccc2C(C(=O)Nc2cc(C3CC3)nn2C)C1c1cccs1. The van der Waals surface area contributed by atoms with Crippen LogP contribution in [0.2, 0.25) is 0 Å². The third-order valence-corrected chi connectivity index (χ3v) is 7.18. The van der Waals surface area contributed by atoms with Gasteiger partial charge in [0.1, 0.15) is 5.82 Å². The Balaban J connectivity index is 1.55. The van der Waals surface area contributed by atoms with Gasteiger partial charge >= 0.3 is 0 Å². The molecular formula is C24H26N4O3S. The highest BCUT2D eigenvalue weighted by Gasteiger charge is 2.44. The van der Waals surface area contributed by atoms with Gasteiger partial charge in [-0.25, -0.2) is 0 Å². The van der Waals surface area contributed by atoms with Crippen LogP contribution in [0.15, 0.2) is 47.8 Å². The Kier molecular flexibility index (Phi) is 5.57. The second-order valence-corrected chi connectivity index (χ2v) is 9.34. The molecule has 2 amide bonds. The number of aromatic nitrogens is 2. The fourth-order valence-corrected chi connectivity index (χ4v) is 5.35. The normalized spacial score (nSPS) is 20.3. The molecule has 0 saturated heterocycles. The number of anilines is 1. The van der Waals surface area contributed by atoms with E-state index < -0.39 is 12.0 Å². The van der Waals surface area contributed by atoms with Crippen molar-refractivity contribution in [3.05, 3.63) is 69.5 Å². The van der Waals surface area contributed by atoms with Crippen molar-refractivity contribution in [1.29, 1.82) is 0 Å². The number of thiophene rings is 1. The summed E-state index contributed by atoms with van der Waals surface area (Å²) in [5.74, 6) is 0.425. The van der Waals surface area contributed by atoms with E-state index in [1.807, 2.05) is 48.8 Å². The number of nitrogens with one attached hydrogen (secondary N) is 1. The molecule has 1 aliphatic heterocycles. The van der Waals surface area contributed by atoms with E-state index in [0.29, 0.717) is 30.5 Å². The minimum Gasteiger partial charge on any atom is -0.383 e. The van der Waals surface area contributed by atoms with Crippen molar-refractivity contribution in [2.75, 3.05) is 25.6 Å². The minimum absolute atomic E-state index is 0.0725. The molecule has 2 aliphatic rings. The number of rotatable bonds is 7. The first-order valence-electron chi connectivity index (χ1n) is 10.9. The van der Waals surface area contributed by atoms with E-state index in [1.165, 1.54) is 0 Å². The Morgan fingerprint density at radius 2 is 2.06 bits per heavy atom. The predicted molar refractivity (Wildman–Crippen MR) is 123 cm³/mol. The van der Waals surface area contributed by atoms with Crippen LogP contribution in [0.1, 0.15) is 57.2 Å². The van der Waals surface area contributed by atoms with Crippen molar-refractivity contribution in [3.8, 4) is 0 Å². The van der Waals surface area contributed by atoms with Gasteiger partial charge in [0.05, 0.1) is 24.3 Å². The summed E-state index contributed by atoms with van der Waals surface area (Å²) < 4.78 is 7.01. The lowest BCUT2D eigenvalue weighted by molar-refractivity contribution is -0.119. The summed E-state index contributed by atoms with van der Waals surface area (Å²) in [5.41, 5.74) is 2.35. The zero-order valence-corrected chi connectivity index (χ0v) is 19.0. The van der Waals surface area contributed by atoms with Crippen LogP contribution < -0.4 is 5.32 Å². The van der Waals surface area contributed by atoms with Crippen molar-refractivity contribution in [1.82, 2.24) is 14.7 Å². The average Bonchev–Trinajstić information content (AvgIpc) is 3.38. The fraction of sp³-hybridized carbons (Fsp3) is 0.375. The summed E-state index contributed by atoms with van der Waals surface area (Å²) in [4.78, 5) is 30.0. The van der Waals surface area contributed by atoms with Crippen molar-refractivity contribution in [2.45, 2.75) is 30.7 Å². The van der Waals surface area contributed by atoms with Crippen LogP contribution in [0.5, 0.6) is 0 Å². The first-order chi connectivity index (χ1) is 15.6. The van der Waals surface area contributed by atoms with Crippen LogP contribution in [-0.4, -0.2) is 46.8 Å². The molecule has 5 rings (SSSR count). The maximum Gasteiger partial charge on any atom is 0.254 e. The maximum atomic E-state index is 13.8. The molecule has 2 atom stereocenters. The molecule has 0 bridgehead atoms. The number of nitrogens with zero attached hydrogens (tertiary/aromatic N) is 3. The maximum absolute atomic E-state index is 13.8. The van der Waals surface area contributed by atoms with E-state index in [0.717, 1.165) is 29.0 Å². The largest absolute Gasteiger partial charge is 0.383 e. The lowest BCUT2D eigenvalue weighted by Crippen LogP contribution is -2.47.